The SMILES string of the molecule is O=C(CCl)N(Cc1ccc2c(c1)CCCC2)C1CCn2nccc2C1. The molecule has 0 saturated carbocycles. The molecule has 0 radical (unpaired) electrons. The van der Waals surface area contributed by atoms with Crippen LogP contribution in [-0.2, 0) is 37.1 Å². The maximum Gasteiger partial charge on any atom is 0.238 e. The number of aryl methyl sites for hydroxylation is 3. The van der Waals surface area contributed by atoms with Gasteiger partial charge in [-0.05, 0) is 54.9 Å². The first-order chi connectivity index (χ1) is 12.2. The maximum atomic E-state index is 12.5. The summed E-state index contributed by atoms with van der Waals surface area (Å²) in [5.41, 5.74) is 5.36. The fourth-order valence-corrected chi connectivity index (χ4v) is 4.35. The van der Waals surface area contributed by atoms with E-state index < -0.39 is 0 Å². The zero-order valence-electron chi connectivity index (χ0n) is 14.5. The third-order valence-corrected chi connectivity index (χ3v) is 5.79. The standard InChI is InChI=1S/C20H24ClN3O/c21-13-20(25)23(18-8-10-24-19(12-18)7-9-22-24)14-15-5-6-16-3-1-2-4-17(16)11-15/h5-7,9,11,18H,1-4,8,10,12-14H2. The number of carbonyl (C=O) groups is 1. The number of halogens is 1. The number of alkyl halides is 1. The lowest BCUT2D eigenvalue weighted by Crippen LogP contribution is -2.44. The van der Waals surface area contributed by atoms with Crippen LogP contribution >= 0.6 is 11.6 Å². The number of fused-ring (bicyclic) bond motifs is 2. The molecule has 2 aromatic rings. The lowest BCUT2D eigenvalue weighted by Gasteiger charge is -2.34. The molecule has 1 aliphatic carbocycles. The Hall–Kier alpha value is -1.81. The number of hydrogen-bond acceptors (Lipinski definition) is 2. The van der Waals surface area contributed by atoms with Crippen LogP contribution in [0.2, 0.25) is 0 Å². The summed E-state index contributed by atoms with van der Waals surface area (Å²) >= 11 is 5.92. The van der Waals surface area contributed by atoms with Crippen molar-refractivity contribution < 1.29 is 4.79 Å². The molecule has 1 aromatic carbocycles. The number of carbonyl (C=O) groups excluding carboxylic acids is 1. The van der Waals surface area contributed by atoms with E-state index in [1.165, 1.54) is 41.6 Å². The van der Waals surface area contributed by atoms with Gasteiger partial charge < -0.3 is 4.90 Å². The molecule has 5 heteroatoms. The lowest BCUT2D eigenvalue weighted by atomic mass is 9.90. The van der Waals surface area contributed by atoms with Gasteiger partial charge in [0.2, 0.25) is 5.91 Å². The number of nitrogens with zero attached hydrogens (tertiary/aromatic N) is 3. The minimum absolute atomic E-state index is 0.0253. The molecule has 4 nitrogen and oxygen atoms in total. The summed E-state index contributed by atoms with van der Waals surface area (Å²) in [4.78, 5) is 14.5. The first kappa shape index (κ1) is 16.6. The van der Waals surface area contributed by atoms with Crippen molar-refractivity contribution in [3.8, 4) is 0 Å². The van der Waals surface area contributed by atoms with Crippen LogP contribution in [0, 0.1) is 0 Å². The van der Waals surface area contributed by atoms with Gasteiger partial charge in [0, 0.05) is 37.4 Å². The van der Waals surface area contributed by atoms with Crippen LogP contribution in [0.4, 0.5) is 0 Å². The molecule has 1 unspecified atom stereocenters. The predicted molar refractivity (Wildman–Crippen MR) is 98.7 cm³/mol. The van der Waals surface area contributed by atoms with Crippen LogP contribution in [0.1, 0.15) is 41.6 Å². The molecule has 1 aromatic heterocycles. The fourth-order valence-electron chi connectivity index (χ4n) is 4.20. The van der Waals surface area contributed by atoms with Crippen molar-refractivity contribution in [3.63, 3.8) is 0 Å². The second-order valence-electron chi connectivity index (χ2n) is 7.16. The average Bonchev–Trinajstić information content (AvgIpc) is 3.13. The Morgan fingerprint density at radius 1 is 1.24 bits per heavy atom. The highest BCUT2D eigenvalue weighted by molar-refractivity contribution is 6.27. The predicted octanol–water partition coefficient (Wildman–Crippen LogP) is 3.34. The van der Waals surface area contributed by atoms with E-state index in [-0.39, 0.29) is 17.8 Å². The van der Waals surface area contributed by atoms with Gasteiger partial charge in [0.25, 0.3) is 0 Å². The minimum atomic E-state index is 0.0253. The molecule has 0 saturated heterocycles. The molecule has 0 spiro atoms. The molecule has 0 fully saturated rings. The van der Waals surface area contributed by atoms with Crippen molar-refractivity contribution in [1.29, 1.82) is 0 Å². The van der Waals surface area contributed by atoms with Crippen molar-refractivity contribution in [2.45, 2.75) is 57.7 Å². The Kier molecular flexibility index (Phi) is 4.80. The van der Waals surface area contributed by atoms with Crippen molar-refractivity contribution in [1.82, 2.24) is 14.7 Å². The number of benzene rings is 1. The summed E-state index contributed by atoms with van der Waals surface area (Å²) in [6.45, 7) is 1.51. The Labute approximate surface area is 153 Å². The molecule has 25 heavy (non-hydrogen) atoms. The first-order valence-corrected chi connectivity index (χ1v) is 9.75. The first-order valence-electron chi connectivity index (χ1n) is 9.21. The zero-order valence-corrected chi connectivity index (χ0v) is 15.2. The molecule has 2 aliphatic rings. The van der Waals surface area contributed by atoms with E-state index in [9.17, 15) is 4.79 Å². The molecule has 0 N–H and O–H groups in total. The van der Waals surface area contributed by atoms with Crippen LogP contribution in [0.25, 0.3) is 0 Å². The number of amides is 1. The van der Waals surface area contributed by atoms with Crippen molar-refractivity contribution in [2.24, 2.45) is 0 Å². The van der Waals surface area contributed by atoms with E-state index in [1.807, 2.05) is 15.8 Å². The topological polar surface area (TPSA) is 38.1 Å². The van der Waals surface area contributed by atoms with Crippen molar-refractivity contribution in [3.05, 3.63) is 52.8 Å². The van der Waals surface area contributed by atoms with Crippen molar-refractivity contribution in [2.75, 3.05) is 5.88 Å². The van der Waals surface area contributed by atoms with Crippen LogP contribution in [-0.4, -0.2) is 32.5 Å². The molecule has 1 atom stereocenters. The van der Waals surface area contributed by atoms with Gasteiger partial charge in [-0.1, -0.05) is 18.2 Å². The van der Waals surface area contributed by atoms with Crippen molar-refractivity contribution >= 4 is 17.5 Å². The minimum Gasteiger partial charge on any atom is -0.334 e. The van der Waals surface area contributed by atoms with E-state index >= 15 is 0 Å². The summed E-state index contributed by atoms with van der Waals surface area (Å²) in [5, 5.41) is 4.33. The molecule has 1 amide bonds. The molecular formula is C20H24ClN3O. The third kappa shape index (κ3) is 3.45. The molecule has 1 aliphatic heterocycles. The van der Waals surface area contributed by atoms with Crippen LogP contribution in [0.3, 0.4) is 0 Å². The van der Waals surface area contributed by atoms with E-state index in [2.05, 4.69) is 29.4 Å². The smallest absolute Gasteiger partial charge is 0.238 e. The van der Waals surface area contributed by atoms with Gasteiger partial charge in [0.1, 0.15) is 5.88 Å². The number of rotatable bonds is 4. The Morgan fingerprint density at radius 3 is 2.92 bits per heavy atom. The maximum absolute atomic E-state index is 12.5. The summed E-state index contributed by atoms with van der Waals surface area (Å²) < 4.78 is 2.04. The van der Waals surface area contributed by atoms with Gasteiger partial charge in [-0.25, -0.2) is 0 Å². The largest absolute Gasteiger partial charge is 0.334 e. The van der Waals surface area contributed by atoms with E-state index in [4.69, 9.17) is 11.6 Å². The van der Waals surface area contributed by atoms with E-state index in [1.54, 1.807) is 0 Å². The van der Waals surface area contributed by atoms with Crippen LogP contribution in [0.5, 0.6) is 0 Å². The highest BCUT2D eigenvalue weighted by atomic mass is 35.5. The molecule has 132 valence electrons. The summed E-state index contributed by atoms with van der Waals surface area (Å²) in [5.74, 6) is 0.0677. The Morgan fingerprint density at radius 2 is 2.08 bits per heavy atom. The summed E-state index contributed by atoms with van der Waals surface area (Å²) in [6, 6.07) is 8.99. The van der Waals surface area contributed by atoms with Crippen LogP contribution < -0.4 is 0 Å². The fraction of sp³-hybridized carbons (Fsp3) is 0.500. The van der Waals surface area contributed by atoms with Gasteiger partial charge in [-0.2, -0.15) is 5.10 Å². The zero-order chi connectivity index (χ0) is 17.2. The number of aromatic nitrogens is 2. The van der Waals surface area contributed by atoms with Gasteiger partial charge in [0.05, 0.1) is 0 Å². The second-order valence-corrected chi connectivity index (χ2v) is 7.43. The highest BCUT2D eigenvalue weighted by Crippen LogP contribution is 2.25. The van der Waals surface area contributed by atoms with Gasteiger partial charge in [-0.15, -0.1) is 11.6 Å². The summed E-state index contributed by atoms with van der Waals surface area (Å²) in [6.07, 6.45) is 8.54. The molecule has 4 rings (SSSR count). The average molecular weight is 358 g/mol. The third-order valence-electron chi connectivity index (χ3n) is 5.56. The van der Waals surface area contributed by atoms with Gasteiger partial charge in [-0.3, -0.25) is 9.48 Å². The summed E-state index contributed by atoms with van der Waals surface area (Å²) in [7, 11) is 0. The Bertz CT molecular complexity index is 770. The number of hydrogen-bond donors (Lipinski definition) is 0. The monoisotopic (exact) mass is 357 g/mol. The van der Waals surface area contributed by atoms with Gasteiger partial charge in [0.15, 0.2) is 0 Å². The molecule has 2 heterocycles. The second kappa shape index (κ2) is 7.20. The normalized spacial score (nSPS) is 19.2. The highest BCUT2D eigenvalue weighted by Gasteiger charge is 2.28. The van der Waals surface area contributed by atoms with Crippen LogP contribution in [0.15, 0.2) is 30.5 Å². The molecule has 0 bridgehead atoms. The van der Waals surface area contributed by atoms with E-state index in [0.29, 0.717) is 6.54 Å². The van der Waals surface area contributed by atoms with E-state index in [0.717, 1.165) is 25.8 Å². The quantitative estimate of drug-likeness (QED) is 0.787. The Balaban J connectivity index is 1.55. The molecular weight excluding hydrogens is 334 g/mol. The van der Waals surface area contributed by atoms with Gasteiger partial charge >= 0.3 is 0 Å². The lowest BCUT2D eigenvalue weighted by molar-refractivity contribution is -0.132.